The number of carbonyl (C=O) groups is 1. The summed E-state index contributed by atoms with van der Waals surface area (Å²) in [6.07, 6.45) is 0. The number of hydrogen-bond acceptors (Lipinski definition) is 4. The number of fused-ring (bicyclic) bond motifs is 2. The predicted molar refractivity (Wildman–Crippen MR) is 94.6 cm³/mol. The molecule has 1 saturated heterocycles. The molecule has 2 unspecified atom stereocenters. The van der Waals surface area contributed by atoms with Crippen molar-refractivity contribution in [3.8, 4) is 0 Å². The monoisotopic (exact) mass is 362 g/mol. The first kappa shape index (κ1) is 15.5. The molecule has 2 aromatic rings. The van der Waals surface area contributed by atoms with E-state index in [0.29, 0.717) is 16.3 Å². The van der Waals surface area contributed by atoms with E-state index in [9.17, 15) is 13.2 Å². The highest BCUT2D eigenvalue weighted by atomic mass is 35.5. The summed E-state index contributed by atoms with van der Waals surface area (Å²) < 4.78 is 24.2. The second-order valence-electron chi connectivity index (χ2n) is 6.09. The van der Waals surface area contributed by atoms with Gasteiger partial charge in [0, 0.05) is 10.6 Å². The fraction of sp³-hybridized carbons (Fsp3) is 0.235. The van der Waals surface area contributed by atoms with Crippen LogP contribution in [0.25, 0.3) is 0 Å². The topological polar surface area (TPSA) is 66.5 Å². The summed E-state index contributed by atoms with van der Waals surface area (Å²) in [7, 11) is -3.18. The minimum absolute atomic E-state index is 0.0294. The van der Waals surface area contributed by atoms with Gasteiger partial charge in [0.15, 0.2) is 9.84 Å². The lowest BCUT2D eigenvalue weighted by atomic mass is 10.0. The molecule has 0 spiro atoms. The summed E-state index contributed by atoms with van der Waals surface area (Å²) in [6, 6.07) is 13.3. The van der Waals surface area contributed by atoms with Crippen LogP contribution in [0.1, 0.15) is 10.4 Å². The smallest absolute Gasteiger partial charge is 0.258 e. The molecule has 1 amide bonds. The zero-order valence-corrected chi connectivity index (χ0v) is 14.2. The van der Waals surface area contributed by atoms with Crippen LogP contribution in [0.5, 0.6) is 0 Å². The lowest BCUT2D eigenvalue weighted by Crippen LogP contribution is -2.52. The molecular weight excluding hydrogens is 348 g/mol. The van der Waals surface area contributed by atoms with Crippen LogP contribution < -0.4 is 10.2 Å². The minimum atomic E-state index is -3.18. The molecule has 0 saturated carbocycles. The summed E-state index contributed by atoms with van der Waals surface area (Å²) >= 11 is 5.90. The number of nitrogens with zero attached hydrogens (tertiary/aromatic N) is 1. The number of hydrogen-bond donors (Lipinski definition) is 1. The van der Waals surface area contributed by atoms with Crippen LogP contribution in [-0.4, -0.2) is 37.9 Å². The summed E-state index contributed by atoms with van der Waals surface area (Å²) in [5.41, 5.74) is 1.97. The van der Waals surface area contributed by atoms with E-state index in [-0.39, 0.29) is 23.5 Å². The second kappa shape index (κ2) is 5.50. The molecule has 2 aromatic carbocycles. The average Bonchev–Trinajstić information content (AvgIpc) is 2.86. The molecule has 2 aliphatic rings. The molecule has 2 heterocycles. The van der Waals surface area contributed by atoms with Crippen molar-refractivity contribution in [2.45, 2.75) is 12.1 Å². The van der Waals surface area contributed by atoms with E-state index in [2.05, 4.69) is 5.32 Å². The number of benzene rings is 2. The van der Waals surface area contributed by atoms with Gasteiger partial charge in [-0.3, -0.25) is 4.79 Å². The van der Waals surface area contributed by atoms with Gasteiger partial charge in [0.05, 0.1) is 35.0 Å². The van der Waals surface area contributed by atoms with Gasteiger partial charge in [0.2, 0.25) is 0 Å². The Bertz CT molecular complexity index is 912. The van der Waals surface area contributed by atoms with Crippen molar-refractivity contribution in [1.82, 2.24) is 0 Å². The zero-order valence-electron chi connectivity index (χ0n) is 12.6. The molecular formula is C17H15ClN2O3S. The molecule has 1 fully saturated rings. The maximum atomic E-state index is 13.1. The van der Waals surface area contributed by atoms with E-state index in [1.807, 2.05) is 24.3 Å². The van der Waals surface area contributed by atoms with Gasteiger partial charge in [-0.1, -0.05) is 23.7 Å². The van der Waals surface area contributed by atoms with E-state index in [1.54, 1.807) is 29.2 Å². The molecule has 2 aliphatic heterocycles. The molecule has 0 aliphatic carbocycles. The van der Waals surface area contributed by atoms with Crippen LogP contribution in [0.4, 0.5) is 11.4 Å². The normalized spacial score (nSPS) is 24.0. The number of amides is 1. The quantitative estimate of drug-likeness (QED) is 0.846. The number of sulfone groups is 1. The number of anilines is 2. The largest absolute Gasteiger partial charge is 0.377 e. The van der Waals surface area contributed by atoms with E-state index >= 15 is 0 Å². The minimum Gasteiger partial charge on any atom is -0.377 e. The Morgan fingerprint density at radius 1 is 1.08 bits per heavy atom. The van der Waals surface area contributed by atoms with E-state index in [4.69, 9.17) is 11.6 Å². The molecule has 124 valence electrons. The number of carbonyl (C=O) groups excluding carboxylic acids is 1. The Morgan fingerprint density at radius 3 is 2.54 bits per heavy atom. The first-order valence-corrected chi connectivity index (χ1v) is 9.80. The van der Waals surface area contributed by atoms with Crippen LogP contribution in [-0.2, 0) is 9.84 Å². The predicted octanol–water partition coefficient (Wildman–Crippen LogP) is 2.58. The lowest BCUT2D eigenvalue weighted by molar-refractivity contribution is 0.0976. The van der Waals surface area contributed by atoms with Crippen LogP contribution in [0.15, 0.2) is 48.5 Å². The van der Waals surface area contributed by atoms with Gasteiger partial charge in [0.25, 0.3) is 5.91 Å². The van der Waals surface area contributed by atoms with Crippen molar-refractivity contribution in [3.63, 3.8) is 0 Å². The third-order valence-electron chi connectivity index (χ3n) is 4.47. The number of halogens is 1. The fourth-order valence-electron chi connectivity index (χ4n) is 3.40. The molecule has 2 atom stereocenters. The molecule has 24 heavy (non-hydrogen) atoms. The van der Waals surface area contributed by atoms with E-state index < -0.39 is 15.9 Å². The summed E-state index contributed by atoms with van der Waals surface area (Å²) in [6.45, 7) is 0. The standard InChI is InChI=1S/C17H15ClN2O3S/c18-12-7-5-11(6-8-12)17(21)20-15-4-2-1-3-13(15)19-14-9-24(22,23)10-16(14)20/h1-8,14,16,19H,9-10H2. The van der Waals surface area contributed by atoms with Gasteiger partial charge >= 0.3 is 0 Å². The molecule has 0 bridgehead atoms. The average molecular weight is 363 g/mol. The van der Waals surface area contributed by atoms with Crippen molar-refractivity contribution in [1.29, 1.82) is 0 Å². The van der Waals surface area contributed by atoms with Gasteiger partial charge in [-0.2, -0.15) is 0 Å². The van der Waals surface area contributed by atoms with Crippen molar-refractivity contribution in [2.24, 2.45) is 0 Å². The van der Waals surface area contributed by atoms with Gasteiger partial charge in [-0.05, 0) is 36.4 Å². The molecule has 0 radical (unpaired) electrons. The Hall–Kier alpha value is -2.05. The Kier molecular flexibility index (Phi) is 3.54. The van der Waals surface area contributed by atoms with Gasteiger partial charge < -0.3 is 10.2 Å². The Balaban J connectivity index is 1.81. The van der Waals surface area contributed by atoms with Crippen molar-refractivity contribution < 1.29 is 13.2 Å². The summed E-state index contributed by atoms with van der Waals surface area (Å²) in [5.74, 6) is -0.206. The molecule has 1 N–H and O–H groups in total. The number of rotatable bonds is 1. The fourth-order valence-corrected chi connectivity index (χ4v) is 5.41. The van der Waals surface area contributed by atoms with Crippen LogP contribution in [0.3, 0.4) is 0 Å². The molecule has 4 rings (SSSR count). The lowest BCUT2D eigenvalue weighted by Gasteiger charge is -2.39. The van der Waals surface area contributed by atoms with Gasteiger partial charge in [-0.25, -0.2) is 8.42 Å². The third kappa shape index (κ3) is 2.56. The van der Waals surface area contributed by atoms with Gasteiger partial charge in [-0.15, -0.1) is 0 Å². The highest BCUT2D eigenvalue weighted by Gasteiger charge is 2.46. The van der Waals surface area contributed by atoms with Gasteiger partial charge in [0.1, 0.15) is 0 Å². The van der Waals surface area contributed by atoms with Crippen molar-refractivity contribution in [2.75, 3.05) is 21.7 Å². The van der Waals surface area contributed by atoms with Crippen LogP contribution in [0.2, 0.25) is 5.02 Å². The number of para-hydroxylation sites is 2. The third-order valence-corrected chi connectivity index (χ3v) is 6.44. The Labute approximate surface area is 145 Å². The highest BCUT2D eigenvalue weighted by Crippen LogP contribution is 2.38. The van der Waals surface area contributed by atoms with Crippen molar-refractivity contribution >= 4 is 38.7 Å². The summed E-state index contributed by atoms with van der Waals surface area (Å²) in [5, 5.41) is 3.82. The first-order chi connectivity index (χ1) is 11.4. The first-order valence-electron chi connectivity index (χ1n) is 7.60. The molecule has 7 heteroatoms. The summed E-state index contributed by atoms with van der Waals surface area (Å²) in [4.78, 5) is 14.7. The zero-order chi connectivity index (χ0) is 16.9. The maximum Gasteiger partial charge on any atom is 0.258 e. The molecule has 0 aromatic heterocycles. The number of nitrogens with one attached hydrogen (secondary N) is 1. The second-order valence-corrected chi connectivity index (χ2v) is 8.68. The van der Waals surface area contributed by atoms with E-state index in [0.717, 1.165) is 5.69 Å². The van der Waals surface area contributed by atoms with Crippen LogP contribution in [0, 0.1) is 0 Å². The SMILES string of the molecule is O=C(c1ccc(Cl)cc1)N1c2ccccc2NC2CS(=O)(=O)CC21. The highest BCUT2D eigenvalue weighted by molar-refractivity contribution is 7.91. The maximum absolute atomic E-state index is 13.1. The van der Waals surface area contributed by atoms with E-state index in [1.165, 1.54) is 0 Å². The molecule has 5 nitrogen and oxygen atoms in total. The van der Waals surface area contributed by atoms with Crippen LogP contribution >= 0.6 is 11.6 Å². The van der Waals surface area contributed by atoms with Crippen molar-refractivity contribution in [3.05, 3.63) is 59.1 Å². The Morgan fingerprint density at radius 2 is 1.79 bits per heavy atom.